The number of nitrogens with one attached hydrogen (secondary N) is 1. The summed E-state index contributed by atoms with van der Waals surface area (Å²) in [4.78, 5) is 52.1. The maximum atomic E-state index is 13.0. The smallest absolute Gasteiger partial charge is 0.412 e. The van der Waals surface area contributed by atoms with E-state index < -0.39 is 36.8 Å². The van der Waals surface area contributed by atoms with Crippen LogP contribution < -0.4 is 25.3 Å². The van der Waals surface area contributed by atoms with Crippen molar-refractivity contribution in [3.63, 3.8) is 0 Å². The molecule has 0 saturated heterocycles. The van der Waals surface area contributed by atoms with Crippen molar-refractivity contribution >= 4 is 25.8 Å². The standard InChI is InChI=1S/C28H39N4O9P/c1-6-20(7-2)18-28(29,27(34)39-22(8-3)9-4)40-26(33)19(5)30-31-42(37)41-25-16-14-24(15-17-25)38-23-12-10-21(11-13-23)32(35)36/h10-17,19-20,22,30H,6-9,18,29H2,1-5H3/t19-,28-/m0/s1. The largest absolute Gasteiger partial charge is 0.574 e. The van der Waals surface area contributed by atoms with Crippen LogP contribution in [0.25, 0.3) is 0 Å². The number of carbonyl (C=O) groups is 2. The van der Waals surface area contributed by atoms with Gasteiger partial charge in [-0.05, 0) is 62.1 Å². The minimum atomic E-state index is -2.63. The van der Waals surface area contributed by atoms with Gasteiger partial charge in [-0.15, -0.1) is 0 Å². The number of rotatable bonds is 17. The number of esters is 2. The molecule has 0 aliphatic carbocycles. The van der Waals surface area contributed by atoms with E-state index in [9.17, 15) is 24.6 Å². The molecule has 3 atom stereocenters. The minimum absolute atomic E-state index is 0.0267. The second kappa shape index (κ2) is 16.7. The zero-order valence-electron chi connectivity index (χ0n) is 24.5. The quantitative estimate of drug-likeness (QED) is 0.0785. The predicted octanol–water partition coefficient (Wildman–Crippen LogP) is 5.27. The van der Waals surface area contributed by atoms with Gasteiger partial charge in [-0.2, -0.15) is 5.43 Å². The molecule has 2 rings (SSSR count). The third kappa shape index (κ3) is 10.6. The summed E-state index contributed by atoms with van der Waals surface area (Å²) in [6.07, 6.45) is 2.39. The van der Waals surface area contributed by atoms with Gasteiger partial charge in [0.15, 0.2) is 5.75 Å². The van der Waals surface area contributed by atoms with E-state index >= 15 is 0 Å². The molecule has 0 bridgehead atoms. The van der Waals surface area contributed by atoms with E-state index in [-0.39, 0.29) is 29.9 Å². The molecule has 0 radical (unpaired) electrons. The number of carbonyl (C=O) groups excluding carboxylic acids is 2. The molecule has 2 aromatic rings. The van der Waals surface area contributed by atoms with Crippen molar-refractivity contribution in [3.8, 4) is 17.2 Å². The Morgan fingerprint density at radius 3 is 2.00 bits per heavy atom. The second-order valence-corrected chi connectivity index (χ2v) is 10.5. The Morgan fingerprint density at radius 2 is 1.50 bits per heavy atom. The molecule has 0 fully saturated rings. The molecule has 3 N–H and O–H groups in total. The predicted molar refractivity (Wildman–Crippen MR) is 154 cm³/mol. The molecule has 0 amide bonds. The number of ether oxygens (including phenoxy) is 3. The summed E-state index contributed by atoms with van der Waals surface area (Å²) in [5.74, 6) is -0.632. The average molecular weight is 607 g/mol. The third-order valence-electron chi connectivity index (χ3n) is 6.54. The third-order valence-corrected chi connectivity index (χ3v) is 7.18. The molecule has 0 saturated carbocycles. The number of nitro benzene ring substituents is 1. The van der Waals surface area contributed by atoms with E-state index in [4.69, 9.17) is 24.5 Å². The summed E-state index contributed by atoms with van der Waals surface area (Å²) in [5, 5.41) is 10.8. The van der Waals surface area contributed by atoms with Crippen LogP contribution in [-0.4, -0.2) is 34.7 Å². The molecule has 14 heteroatoms. The van der Waals surface area contributed by atoms with Crippen LogP contribution in [0.3, 0.4) is 0 Å². The Bertz CT molecular complexity index is 1200. The van der Waals surface area contributed by atoms with Gasteiger partial charge >= 0.3 is 20.1 Å². The van der Waals surface area contributed by atoms with Crippen molar-refractivity contribution in [2.24, 2.45) is 16.5 Å². The topological polar surface area (TPSA) is 188 Å². The van der Waals surface area contributed by atoms with Gasteiger partial charge < -0.3 is 19.1 Å². The molecular weight excluding hydrogens is 567 g/mol. The van der Waals surface area contributed by atoms with Crippen LogP contribution in [0.1, 0.15) is 66.7 Å². The van der Waals surface area contributed by atoms with Crippen molar-refractivity contribution < 1.29 is 38.1 Å². The van der Waals surface area contributed by atoms with Gasteiger partial charge in [-0.3, -0.25) is 25.2 Å². The van der Waals surface area contributed by atoms with Gasteiger partial charge in [0.05, 0.1) is 4.92 Å². The van der Waals surface area contributed by atoms with Gasteiger partial charge in [0.1, 0.15) is 23.6 Å². The summed E-state index contributed by atoms with van der Waals surface area (Å²) < 4.78 is 21.9. The number of nitro groups is 1. The number of nitrogens with zero attached hydrogens (tertiary/aromatic N) is 2. The Morgan fingerprint density at radius 1 is 0.976 bits per heavy atom. The van der Waals surface area contributed by atoms with Crippen LogP contribution in [0.5, 0.6) is 17.2 Å². The molecule has 0 aromatic heterocycles. The van der Waals surface area contributed by atoms with Crippen molar-refractivity contribution in [1.82, 2.24) is 5.43 Å². The van der Waals surface area contributed by atoms with Crippen LogP contribution in [0.15, 0.2) is 53.4 Å². The van der Waals surface area contributed by atoms with Crippen LogP contribution in [0.2, 0.25) is 0 Å². The average Bonchev–Trinajstić information content (AvgIpc) is 2.98. The van der Waals surface area contributed by atoms with Gasteiger partial charge in [0.2, 0.25) is 0 Å². The van der Waals surface area contributed by atoms with Crippen molar-refractivity contribution in [2.45, 2.75) is 84.6 Å². The fourth-order valence-electron chi connectivity index (χ4n) is 3.78. The zero-order chi connectivity index (χ0) is 31.3. The van der Waals surface area contributed by atoms with E-state index in [0.29, 0.717) is 24.3 Å². The first-order valence-corrected chi connectivity index (χ1v) is 14.9. The number of non-ortho nitro benzene ring substituents is 1. The SMILES string of the molecule is CCC(CC)C[C@](N)(OC(=O)[C@H](C)N/N=[P+](\[O-])Oc1ccc(Oc2ccc([N+](=O)[O-])cc2)cc1)C(=O)OC(CC)CC. The van der Waals surface area contributed by atoms with Crippen LogP contribution in [-0.2, 0) is 19.1 Å². The molecule has 0 aliphatic heterocycles. The van der Waals surface area contributed by atoms with E-state index in [0.717, 1.165) is 12.8 Å². The molecule has 1 unspecified atom stereocenters. The number of hydrogen-bond acceptors (Lipinski definition) is 11. The summed E-state index contributed by atoms with van der Waals surface area (Å²) in [6.45, 7) is 9.10. The molecule has 0 spiro atoms. The Balaban J connectivity index is 1.99. The highest BCUT2D eigenvalue weighted by atomic mass is 31.1. The second-order valence-electron chi connectivity index (χ2n) is 9.65. The number of nitrogens with two attached hydrogens (primary N) is 1. The molecule has 0 aliphatic rings. The highest BCUT2D eigenvalue weighted by Crippen LogP contribution is 2.29. The van der Waals surface area contributed by atoms with E-state index in [1.807, 2.05) is 27.7 Å². The Kier molecular flexibility index (Phi) is 13.8. The van der Waals surface area contributed by atoms with E-state index in [1.54, 1.807) is 12.1 Å². The Labute approximate surface area is 246 Å². The molecule has 2 aromatic carbocycles. The lowest BCUT2D eigenvalue weighted by Gasteiger charge is -2.32. The lowest BCUT2D eigenvalue weighted by atomic mass is 9.92. The van der Waals surface area contributed by atoms with Crippen molar-refractivity contribution in [1.29, 1.82) is 0 Å². The lowest BCUT2D eigenvalue weighted by Crippen LogP contribution is -2.56. The first kappa shape index (κ1) is 34.6. The van der Waals surface area contributed by atoms with Gasteiger partial charge in [-0.1, -0.05) is 40.5 Å². The Hall–Kier alpha value is -3.64. The zero-order valence-corrected chi connectivity index (χ0v) is 25.4. The van der Waals surface area contributed by atoms with Crippen LogP contribution >= 0.6 is 8.17 Å². The lowest BCUT2D eigenvalue weighted by molar-refractivity contribution is -0.384. The molecule has 42 heavy (non-hydrogen) atoms. The van der Waals surface area contributed by atoms with Gasteiger partial charge in [0.25, 0.3) is 11.4 Å². The van der Waals surface area contributed by atoms with Crippen molar-refractivity contribution in [2.75, 3.05) is 0 Å². The van der Waals surface area contributed by atoms with E-state index in [1.165, 1.54) is 43.3 Å². The summed E-state index contributed by atoms with van der Waals surface area (Å²) in [6, 6.07) is 10.6. The highest BCUT2D eigenvalue weighted by molar-refractivity contribution is 7.33. The summed E-state index contributed by atoms with van der Waals surface area (Å²) in [5.41, 5.74) is 6.72. The molecule has 0 heterocycles. The normalized spacial score (nSPS) is 13.8. The summed E-state index contributed by atoms with van der Waals surface area (Å²) >= 11 is 0. The van der Waals surface area contributed by atoms with E-state index in [2.05, 4.69) is 10.3 Å². The molecule has 13 nitrogen and oxygen atoms in total. The monoisotopic (exact) mass is 606 g/mol. The number of hydrogen-bond donors (Lipinski definition) is 2. The van der Waals surface area contributed by atoms with Crippen LogP contribution in [0.4, 0.5) is 5.69 Å². The fourth-order valence-corrected chi connectivity index (χ4v) is 4.40. The first-order valence-electron chi connectivity index (χ1n) is 13.8. The molecule has 230 valence electrons. The van der Waals surface area contributed by atoms with Crippen molar-refractivity contribution in [3.05, 3.63) is 58.6 Å². The van der Waals surface area contributed by atoms with Gasteiger partial charge in [0, 0.05) is 23.4 Å². The maximum absolute atomic E-state index is 13.0. The summed E-state index contributed by atoms with van der Waals surface area (Å²) in [7, 11) is -2.63. The molecular formula is C28H39N4O9P. The first-order chi connectivity index (χ1) is 19.9. The minimum Gasteiger partial charge on any atom is -0.574 e. The van der Waals surface area contributed by atoms with Crippen LogP contribution in [0, 0.1) is 16.0 Å². The number of benzene rings is 2. The maximum Gasteiger partial charge on any atom is 0.412 e. The highest BCUT2D eigenvalue weighted by Gasteiger charge is 2.43. The van der Waals surface area contributed by atoms with Gasteiger partial charge in [-0.25, -0.2) is 4.79 Å². The fraction of sp³-hybridized carbons (Fsp3) is 0.500.